The van der Waals surface area contributed by atoms with Gasteiger partial charge in [0.2, 0.25) is 0 Å². The Labute approximate surface area is 177 Å². The lowest BCUT2D eigenvalue weighted by atomic mass is 9.59. The third-order valence-electron chi connectivity index (χ3n) is 5.30. The summed E-state index contributed by atoms with van der Waals surface area (Å²) >= 11 is 0. The molecular formula is C22H23BN2O3S. The van der Waals surface area contributed by atoms with Gasteiger partial charge in [0.1, 0.15) is 5.78 Å². The van der Waals surface area contributed by atoms with E-state index in [9.17, 15) is 9.59 Å². The molecule has 1 aliphatic rings. The van der Waals surface area contributed by atoms with Crippen LogP contribution in [0.25, 0.3) is 10.8 Å². The van der Waals surface area contributed by atoms with Crippen molar-refractivity contribution in [3.05, 3.63) is 72.1 Å². The maximum atomic E-state index is 12.9. The number of carbonyl (C=O) groups is 2. The monoisotopic (exact) mass is 406 g/mol. The van der Waals surface area contributed by atoms with Crippen LogP contribution in [0.5, 0.6) is 0 Å². The minimum Gasteiger partial charge on any atom is -0.531 e. The first kappa shape index (κ1) is 21.1. The summed E-state index contributed by atoms with van der Waals surface area (Å²) in [5.74, 6) is -0.417. The number of hydrogen-bond acceptors (Lipinski definition) is 5. The molecule has 0 radical (unpaired) electrons. The SMILES string of the molecule is NC[C@@H](C(=O)Cc1ccc2cnccc2c1)c1ccc(B2CCC(=O)O2)cc1.S. The van der Waals surface area contributed by atoms with Gasteiger partial charge in [-0.05, 0) is 34.4 Å². The number of rotatable bonds is 6. The molecule has 0 unspecified atom stereocenters. The van der Waals surface area contributed by atoms with Crippen molar-refractivity contribution in [1.29, 1.82) is 0 Å². The molecule has 3 aromatic rings. The Morgan fingerprint density at radius 1 is 1.14 bits per heavy atom. The number of benzene rings is 2. The van der Waals surface area contributed by atoms with Crippen molar-refractivity contribution in [3.63, 3.8) is 0 Å². The summed E-state index contributed by atoms with van der Waals surface area (Å²) in [4.78, 5) is 28.3. The lowest BCUT2D eigenvalue weighted by Gasteiger charge is -2.15. The van der Waals surface area contributed by atoms with E-state index in [-0.39, 0.29) is 44.6 Å². The molecule has 1 atom stereocenters. The largest absolute Gasteiger partial charge is 0.531 e. The number of Topliss-reactive ketones (excluding diaryl/α,β-unsaturated/α-hetero) is 1. The number of carbonyl (C=O) groups excluding carboxylic acids is 2. The van der Waals surface area contributed by atoms with Crippen molar-refractivity contribution in [2.24, 2.45) is 5.73 Å². The third-order valence-corrected chi connectivity index (χ3v) is 5.30. The lowest BCUT2D eigenvalue weighted by molar-refractivity contribution is -0.132. The zero-order valence-electron chi connectivity index (χ0n) is 16.0. The molecule has 0 aliphatic carbocycles. The number of hydrogen-bond donors (Lipinski definition) is 1. The molecule has 2 heterocycles. The van der Waals surface area contributed by atoms with Gasteiger partial charge in [-0.25, -0.2) is 0 Å². The van der Waals surface area contributed by atoms with Gasteiger partial charge in [0.05, 0.1) is 5.92 Å². The van der Waals surface area contributed by atoms with Crippen molar-refractivity contribution in [2.45, 2.75) is 25.1 Å². The maximum absolute atomic E-state index is 12.9. The average molecular weight is 406 g/mol. The summed E-state index contributed by atoms with van der Waals surface area (Å²) < 4.78 is 5.30. The molecule has 5 nitrogen and oxygen atoms in total. The van der Waals surface area contributed by atoms with Crippen molar-refractivity contribution < 1.29 is 14.2 Å². The fraction of sp³-hybridized carbons (Fsp3) is 0.227. The number of fused-ring (bicyclic) bond motifs is 1. The van der Waals surface area contributed by atoms with Crippen LogP contribution in [-0.4, -0.2) is 30.2 Å². The molecule has 0 spiro atoms. The molecule has 2 aromatic carbocycles. The number of pyridine rings is 1. The highest BCUT2D eigenvalue weighted by Crippen LogP contribution is 2.21. The summed E-state index contributed by atoms with van der Waals surface area (Å²) in [5.41, 5.74) is 8.75. The van der Waals surface area contributed by atoms with E-state index in [1.807, 2.05) is 54.7 Å². The lowest BCUT2D eigenvalue weighted by Crippen LogP contribution is -2.30. The Balaban J connectivity index is 0.00000240. The fourth-order valence-corrected chi connectivity index (χ4v) is 3.72. The van der Waals surface area contributed by atoms with E-state index in [0.717, 1.165) is 27.4 Å². The van der Waals surface area contributed by atoms with Gasteiger partial charge in [-0.2, -0.15) is 13.5 Å². The first-order valence-corrected chi connectivity index (χ1v) is 9.49. The minimum atomic E-state index is -0.353. The van der Waals surface area contributed by atoms with Crippen LogP contribution in [-0.2, 0) is 20.7 Å². The molecule has 1 saturated heterocycles. The van der Waals surface area contributed by atoms with E-state index in [4.69, 9.17) is 10.4 Å². The number of aromatic nitrogens is 1. The number of ketones is 1. The highest BCUT2D eigenvalue weighted by atomic mass is 32.1. The standard InChI is InChI=1S/C22H21BN2O3.H2S/c24-13-20(16-3-5-19(6-4-16)23-9-7-22(27)28-23)21(26)12-15-1-2-18-14-25-10-8-17(18)11-15;/h1-6,8,10-11,14,20H,7,9,12-13,24H2;1H2/t20-;/m1./s1. The van der Waals surface area contributed by atoms with Crippen LogP contribution in [0.2, 0.25) is 6.32 Å². The topological polar surface area (TPSA) is 82.3 Å². The molecular weight excluding hydrogens is 383 g/mol. The Kier molecular flexibility index (Phi) is 6.72. The third kappa shape index (κ3) is 4.69. The van der Waals surface area contributed by atoms with Crippen LogP contribution < -0.4 is 11.2 Å². The summed E-state index contributed by atoms with van der Waals surface area (Å²) in [6.45, 7) is 0.0781. The number of nitrogens with two attached hydrogens (primary N) is 1. The quantitative estimate of drug-likeness (QED) is 0.636. The first-order valence-electron chi connectivity index (χ1n) is 9.49. The second-order valence-electron chi connectivity index (χ2n) is 7.17. The van der Waals surface area contributed by atoms with Crippen LogP contribution in [0, 0.1) is 0 Å². The van der Waals surface area contributed by atoms with Gasteiger partial charge in [0.15, 0.2) is 0 Å². The Morgan fingerprint density at radius 3 is 2.62 bits per heavy atom. The van der Waals surface area contributed by atoms with E-state index < -0.39 is 0 Å². The predicted octanol–water partition coefficient (Wildman–Crippen LogP) is 2.35. The molecule has 0 saturated carbocycles. The molecule has 1 fully saturated rings. The molecule has 4 rings (SSSR count). The average Bonchev–Trinajstić information content (AvgIpc) is 3.15. The molecule has 7 heteroatoms. The van der Waals surface area contributed by atoms with Gasteiger partial charge in [-0.3, -0.25) is 14.6 Å². The van der Waals surface area contributed by atoms with E-state index in [0.29, 0.717) is 19.2 Å². The molecule has 29 heavy (non-hydrogen) atoms. The van der Waals surface area contributed by atoms with Crippen molar-refractivity contribution >= 4 is 48.4 Å². The second-order valence-corrected chi connectivity index (χ2v) is 7.17. The van der Waals surface area contributed by atoms with E-state index in [2.05, 4.69) is 4.98 Å². The first-order chi connectivity index (χ1) is 13.6. The Morgan fingerprint density at radius 2 is 1.93 bits per heavy atom. The molecule has 0 bridgehead atoms. The Hall–Kier alpha value is -2.64. The summed E-state index contributed by atoms with van der Waals surface area (Å²) in [7, 11) is 0. The summed E-state index contributed by atoms with van der Waals surface area (Å²) in [6.07, 6.45) is 5.06. The Bertz CT molecular complexity index is 1030. The van der Waals surface area contributed by atoms with Crippen molar-refractivity contribution in [3.8, 4) is 0 Å². The molecule has 2 N–H and O–H groups in total. The van der Waals surface area contributed by atoms with Gasteiger partial charge in [-0.1, -0.05) is 42.5 Å². The van der Waals surface area contributed by atoms with Crippen molar-refractivity contribution in [2.75, 3.05) is 6.54 Å². The normalized spacial score (nSPS) is 14.4. The maximum Gasteiger partial charge on any atom is 0.395 e. The van der Waals surface area contributed by atoms with Crippen LogP contribution in [0.4, 0.5) is 0 Å². The van der Waals surface area contributed by atoms with Crippen LogP contribution >= 0.6 is 13.5 Å². The van der Waals surface area contributed by atoms with Crippen molar-refractivity contribution in [1.82, 2.24) is 4.98 Å². The van der Waals surface area contributed by atoms with Gasteiger partial charge in [0.25, 0.3) is 5.97 Å². The zero-order valence-corrected chi connectivity index (χ0v) is 17.0. The van der Waals surface area contributed by atoms with Gasteiger partial charge in [-0.15, -0.1) is 0 Å². The zero-order chi connectivity index (χ0) is 19.5. The molecule has 148 valence electrons. The fourth-order valence-electron chi connectivity index (χ4n) is 3.72. The summed E-state index contributed by atoms with van der Waals surface area (Å²) in [6, 6.07) is 15.6. The predicted molar refractivity (Wildman–Crippen MR) is 120 cm³/mol. The van der Waals surface area contributed by atoms with Crippen LogP contribution in [0.15, 0.2) is 60.9 Å². The minimum absolute atomic E-state index is 0. The number of nitrogens with zero attached hydrogens (tertiary/aromatic N) is 1. The van der Waals surface area contributed by atoms with E-state index >= 15 is 0 Å². The van der Waals surface area contributed by atoms with Crippen LogP contribution in [0.1, 0.15) is 23.5 Å². The molecule has 0 amide bonds. The van der Waals surface area contributed by atoms with Gasteiger partial charge in [0, 0.05) is 37.2 Å². The highest BCUT2D eigenvalue weighted by molar-refractivity contribution is 7.59. The highest BCUT2D eigenvalue weighted by Gasteiger charge is 2.30. The van der Waals surface area contributed by atoms with Gasteiger partial charge < -0.3 is 10.4 Å². The van der Waals surface area contributed by atoms with E-state index in [1.165, 1.54) is 0 Å². The van der Waals surface area contributed by atoms with E-state index in [1.54, 1.807) is 6.20 Å². The smallest absolute Gasteiger partial charge is 0.395 e. The second kappa shape index (κ2) is 9.24. The molecule has 1 aliphatic heterocycles. The van der Waals surface area contributed by atoms with Gasteiger partial charge >= 0.3 is 6.92 Å². The summed E-state index contributed by atoms with van der Waals surface area (Å²) in [5, 5.41) is 2.12. The molecule has 1 aromatic heterocycles. The van der Waals surface area contributed by atoms with Crippen LogP contribution in [0.3, 0.4) is 0 Å².